The normalized spacial score (nSPS) is 28.9. The van der Waals surface area contributed by atoms with Gasteiger partial charge in [-0.3, -0.25) is 4.79 Å². The average molecular weight is 636 g/mol. The van der Waals surface area contributed by atoms with Gasteiger partial charge in [0.15, 0.2) is 12.1 Å². The zero-order valence-corrected chi connectivity index (χ0v) is 26.4. The molecule has 3 aliphatic heterocycles. The molecule has 0 aliphatic carbocycles. The van der Waals surface area contributed by atoms with E-state index in [1.165, 1.54) is 0 Å². The summed E-state index contributed by atoms with van der Waals surface area (Å²) in [6, 6.07) is 17.3. The van der Waals surface area contributed by atoms with Crippen LogP contribution < -0.4 is 4.74 Å². The van der Waals surface area contributed by atoms with Crippen LogP contribution in [0.4, 0.5) is 0 Å². The lowest BCUT2D eigenvalue weighted by molar-refractivity contribution is -0.228. The summed E-state index contributed by atoms with van der Waals surface area (Å²) in [5.41, 5.74) is 2.51. The van der Waals surface area contributed by atoms with E-state index in [1.54, 1.807) is 20.8 Å². The predicted octanol–water partition coefficient (Wildman–Crippen LogP) is 3.43. The van der Waals surface area contributed by atoms with Gasteiger partial charge < -0.3 is 43.5 Å². The Morgan fingerprint density at radius 2 is 1.80 bits per heavy atom. The smallest absolute Gasteiger partial charge is 0.306 e. The van der Waals surface area contributed by atoms with Crippen molar-refractivity contribution >= 4 is 11.7 Å². The molecule has 5 rings (SSSR count). The molecule has 11 nitrogen and oxygen atoms in total. The minimum Gasteiger partial charge on any atom is -0.483 e. The minimum atomic E-state index is -1.17. The number of nitrogens with zero attached hydrogens (tertiary/aromatic N) is 1. The molecule has 2 saturated heterocycles. The summed E-state index contributed by atoms with van der Waals surface area (Å²) in [6.45, 7) is 6.89. The Labute approximate surface area is 269 Å². The molecular formula is C35H41NO10. The number of hydrogen-bond donors (Lipinski definition) is 2. The van der Waals surface area contributed by atoms with Crippen LogP contribution in [0, 0.1) is 18.8 Å². The van der Waals surface area contributed by atoms with E-state index in [2.05, 4.69) is 17.0 Å². The molecule has 46 heavy (non-hydrogen) atoms. The second kappa shape index (κ2) is 15.2. The summed E-state index contributed by atoms with van der Waals surface area (Å²) in [7, 11) is 0. The summed E-state index contributed by atoms with van der Waals surface area (Å²) in [5, 5.41) is 24.9. The van der Waals surface area contributed by atoms with Gasteiger partial charge in [0.1, 0.15) is 61.7 Å². The van der Waals surface area contributed by atoms with Crippen molar-refractivity contribution in [2.75, 3.05) is 13.2 Å². The van der Waals surface area contributed by atoms with E-state index < -0.39 is 60.8 Å². The molecule has 0 unspecified atom stereocenters. The van der Waals surface area contributed by atoms with Crippen molar-refractivity contribution in [1.29, 1.82) is 0 Å². The highest BCUT2D eigenvalue weighted by Gasteiger charge is 2.56. The second-order valence-electron chi connectivity index (χ2n) is 11.9. The van der Waals surface area contributed by atoms with Gasteiger partial charge in [-0.25, -0.2) is 0 Å². The number of esters is 1. The number of carbonyl (C=O) groups is 1. The van der Waals surface area contributed by atoms with Crippen LogP contribution in [0.1, 0.15) is 44.7 Å². The lowest BCUT2D eigenvalue weighted by Crippen LogP contribution is -2.42. The van der Waals surface area contributed by atoms with Crippen LogP contribution in [-0.4, -0.2) is 89.9 Å². The molecule has 8 atom stereocenters. The number of oxime groups is 1. The van der Waals surface area contributed by atoms with Crippen LogP contribution in [0.25, 0.3) is 0 Å². The molecule has 11 heteroatoms. The van der Waals surface area contributed by atoms with Gasteiger partial charge in [0.05, 0.1) is 12.1 Å². The SMILES string of the molecule is CC(CCC(=O)OC[C@H]1O[C@H](C#Cc2ccccc2)C=C[C@@H]1Oc1ccc(C)cc1)=NOC[C@@H](O)[C@H]1O[C@@H]2OC(C)(C)O[C@@H]2[C@H]1O. The molecule has 3 aliphatic rings. The van der Waals surface area contributed by atoms with E-state index >= 15 is 0 Å². The number of fused-ring (bicyclic) bond motifs is 1. The van der Waals surface area contributed by atoms with Crippen LogP contribution in [0.3, 0.4) is 0 Å². The molecule has 0 aromatic heterocycles. The van der Waals surface area contributed by atoms with E-state index in [0.29, 0.717) is 11.5 Å². The van der Waals surface area contributed by atoms with Crippen molar-refractivity contribution in [3.05, 3.63) is 77.9 Å². The first-order valence-corrected chi connectivity index (χ1v) is 15.4. The standard InChI is InChI=1S/C35H41NO10/c1-22-10-14-25(15-11-22)42-28-18-17-26(16-13-24-8-6-5-7-9-24)43-29(28)21-40-30(38)19-12-23(2)36-41-20-27(37)32-31(39)33-34(44-32)46-35(3,4)45-33/h5-11,14-15,17-18,26-29,31-34,37,39H,12,19-21H2,1-4H3/t26-,27-,28+,29-,31+,32-,33-,34-/m1/s1. The van der Waals surface area contributed by atoms with Crippen molar-refractivity contribution in [1.82, 2.24) is 0 Å². The van der Waals surface area contributed by atoms with Crippen LogP contribution in [0.15, 0.2) is 71.9 Å². The molecule has 2 aromatic rings. The molecular weight excluding hydrogens is 594 g/mol. The molecule has 0 amide bonds. The average Bonchev–Trinajstić information content (AvgIpc) is 3.51. The van der Waals surface area contributed by atoms with Crippen LogP contribution >= 0.6 is 0 Å². The predicted molar refractivity (Wildman–Crippen MR) is 167 cm³/mol. The Hall–Kier alpha value is -3.76. The second-order valence-corrected chi connectivity index (χ2v) is 11.9. The first-order chi connectivity index (χ1) is 22.1. The molecule has 3 heterocycles. The quantitative estimate of drug-likeness (QED) is 0.124. The van der Waals surface area contributed by atoms with Crippen LogP contribution in [-0.2, 0) is 33.3 Å². The number of aliphatic hydroxyl groups excluding tert-OH is 2. The maximum atomic E-state index is 12.6. The van der Waals surface area contributed by atoms with E-state index in [1.807, 2.05) is 73.7 Å². The molecule has 246 valence electrons. The van der Waals surface area contributed by atoms with Gasteiger partial charge in [-0.1, -0.05) is 52.9 Å². The topological polar surface area (TPSA) is 135 Å². The third-order valence-electron chi connectivity index (χ3n) is 7.59. The van der Waals surface area contributed by atoms with Gasteiger partial charge >= 0.3 is 5.97 Å². The highest BCUT2D eigenvalue weighted by molar-refractivity contribution is 5.85. The highest BCUT2D eigenvalue weighted by Crippen LogP contribution is 2.38. The monoisotopic (exact) mass is 635 g/mol. The summed E-state index contributed by atoms with van der Waals surface area (Å²) >= 11 is 0. The number of ether oxygens (including phenoxy) is 6. The van der Waals surface area contributed by atoms with Crippen LogP contribution in [0.5, 0.6) is 5.75 Å². The Morgan fingerprint density at radius 1 is 1.04 bits per heavy atom. The summed E-state index contributed by atoms with van der Waals surface area (Å²) < 4.78 is 34.8. The molecule has 0 bridgehead atoms. The Bertz CT molecular complexity index is 1430. The van der Waals surface area contributed by atoms with Gasteiger partial charge in [-0.05, 0) is 70.5 Å². The van der Waals surface area contributed by atoms with Gasteiger partial charge in [-0.15, -0.1) is 0 Å². The van der Waals surface area contributed by atoms with Crippen LogP contribution in [0.2, 0.25) is 0 Å². The van der Waals surface area contributed by atoms with Gasteiger partial charge in [0.2, 0.25) is 0 Å². The van der Waals surface area contributed by atoms with Gasteiger partial charge in [0, 0.05) is 5.56 Å². The van der Waals surface area contributed by atoms with Crippen molar-refractivity contribution in [2.24, 2.45) is 5.16 Å². The number of aryl methyl sites for hydroxylation is 1. The lowest BCUT2D eigenvalue weighted by atomic mass is 10.1. The maximum Gasteiger partial charge on any atom is 0.306 e. The molecule has 2 aromatic carbocycles. The maximum absolute atomic E-state index is 12.6. The van der Waals surface area contributed by atoms with Crippen molar-refractivity contribution in [2.45, 2.75) is 95.3 Å². The van der Waals surface area contributed by atoms with E-state index in [4.69, 9.17) is 33.3 Å². The number of rotatable bonds is 11. The molecule has 2 fully saturated rings. The molecule has 0 saturated carbocycles. The Balaban J connectivity index is 1.08. The fraction of sp³-hybridized carbons (Fsp3) is 0.486. The first kappa shape index (κ1) is 33.6. The molecule has 0 radical (unpaired) electrons. The van der Waals surface area contributed by atoms with Crippen molar-refractivity contribution in [3.63, 3.8) is 0 Å². The summed E-state index contributed by atoms with van der Waals surface area (Å²) in [4.78, 5) is 17.9. The van der Waals surface area contributed by atoms with Gasteiger partial charge in [0.25, 0.3) is 0 Å². The lowest BCUT2D eigenvalue weighted by Gasteiger charge is -2.30. The summed E-state index contributed by atoms with van der Waals surface area (Å²) in [6.07, 6.45) is -2.16. The minimum absolute atomic E-state index is 0.0293. The first-order valence-electron chi connectivity index (χ1n) is 15.4. The number of aliphatic hydroxyl groups is 2. The Morgan fingerprint density at radius 3 is 2.54 bits per heavy atom. The zero-order valence-electron chi connectivity index (χ0n) is 26.4. The number of benzene rings is 2. The molecule has 2 N–H and O–H groups in total. The largest absolute Gasteiger partial charge is 0.483 e. The summed E-state index contributed by atoms with van der Waals surface area (Å²) in [5.74, 6) is 5.59. The highest BCUT2D eigenvalue weighted by atomic mass is 16.8. The third kappa shape index (κ3) is 9.16. The fourth-order valence-electron chi connectivity index (χ4n) is 5.16. The molecule has 0 spiro atoms. The Kier molecular flexibility index (Phi) is 11.1. The number of hydrogen-bond acceptors (Lipinski definition) is 11. The fourth-order valence-corrected chi connectivity index (χ4v) is 5.16. The number of carbonyl (C=O) groups excluding carboxylic acids is 1. The van der Waals surface area contributed by atoms with Crippen molar-refractivity contribution in [3.8, 4) is 17.6 Å². The zero-order chi connectivity index (χ0) is 32.7. The van der Waals surface area contributed by atoms with E-state index in [0.717, 1.165) is 11.1 Å². The van der Waals surface area contributed by atoms with Gasteiger partial charge in [-0.2, -0.15) is 0 Å². The van der Waals surface area contributed by atoms with Crippen molar-refractivity contribution < 1.29 is 48.3 Å². The van der Waals surface area contributed by atoms with E-state index in [9.17, 15) is 15.0 Å². The third-order valence-corrected chi connectivity index (χ3v) is 7.59. The van der Waals surface area contributed by atoms with E-state index in [-0.39, 0.29) is 26.1 Å².